The largest absolute Gasteiger partial charge is 1.00 e. The predicted octanol–water partition coefficient (Wildman–Crippen LogP) is 14.9. The molecule has 0 spiro atoms. The molecule has 12 aromatic carbocycles. The van der Waals surface area contributed by atoms with Crippen LogP contribution in [-0.2, 0) is 44.8 Å². The fourth-order valence-electron chi connectivity index (χ4n) is 9.69. The standard InChI is InChI=1S/C26H24P2.2C20H11.2Ag/c1-5-13-23(14-6-1)27(24-15-7-2-8-16-24)21-22-28(25-17-9-3-10-18-25)26-19-11-4-12-20-26;2*1-2-14-11-12-19-17-9-4-3-7-15(17)16-8-5-6-10-18(16)20(19)13-14;;/h1-20H,21-22H2;2*3-13H;;/q;2*-1;2*+1/p+2. The van der Waals surface area contributed by atoms with Crippen LogP contribution in [0, 0.1) is 24.7 Å². The van der Waals surface area contributed by atoms with Crippen LogP contribution in [0.2, 0.25) is 0 Å². The Morgan fingerprint density at radius 3 is 0.671 bits per heavy atom. The molecule has 0 radical (unpaired) electrons. The normalized spacial score (nSPS) is 10.7. The number of fused-ring (bicyclic) bond motifs is 12. The molecule has 342 valence electrons. The number of hydrogen-bond donors (Lipinski definition) is 0. The van der Waals surface area contributed by atoms with Crippen LogP contribution in [0.1, 0.15) is 11.1 Å². The van der Waals surface area contributed by atoms with Crippen molar-refractivity contribution in [1.29, 1.82) is 0 Å². The Balaban J connectivity index is 0.000000142. The van der Waals surface area contributed by atoms with E-state index in [4.69, 9.17) is 12.8 Å². The number of rotatable bonds is 7. The van der Waals surface area contributed by atoms with Gasteiger partial charge in [0.25, 0.3) is 0 Å². The second-order valence-corrected chi connectivity index (χ2v) is 22.1. The summed E-state index contributed by atoms with van der Waals surface area (Å²) in [6.07, 6.45) is 17.2. The van der Waals surface area contributed by atoms with Gasteiger partial charge in [0.05, 0.1) is 37.1 Å². The molecule has 0 atom stereocenters. The van der Waals surface area contributed by atoms with E-state index in [1.165, 1.54) is 98.2 Å². The van der Waals surface area contributed by atoms with E-state index in [9.17, 15) is 0 Å². The SMILES string of the molecule is [Ag+].[Ag+].[C-]#Cc1ccc2c3ccccc3c3ccccc3c2c1.[C-]#Cc1ccc2c3ccccc3c3ccccc3c2c1.c1ccc([PH+](CC[PH+](c2ccccc2)c2ccccc2)c2ccccc2)cc1. The summed E-state index contributed by atoms with van der Waals surface area (Å²) in [5.74, 6) is 4.96. The van der Waals surface area contributed by atoms with E-state index >= 15 is 0 Å². The minimum atomic E-state index is -0.783. The third-order valence-electron chi connectivity index (χ3n) is 12.9. The first kappa shape index (κ1) is 50.1. The summed E-state index contributed by atoms with van der Waals surface area (Å²) in [7, 11) is -1.57. The van der Waals surface area contributed by atoms with Crippen LogP contribution in [0.4, 0.5) is 0 Å². The summed E-state index contributed by atoms with van der Waals surface area (Å²) in [5.41, 5.74) is 1.64. The fraction of sp³-hybridized carbons (Fsp3) is 0.0303. The van der Waals surface area contributed by atoms with Crippen molar-refractivity contribution in [2.45, 2.75) is 0 Å². The van der Waals surface area contributed by atoms with Gasteiger partial charge in [-0.05, 0) is 113 Å². The summed E-state index contributed by atoms with van der Waals surface area (Å²) in [6, 6.07) is 90.6. The molecule has 12 aromatic rings. The van der Waals surface area contributed by atoms with Gasteiger partial charge >= 0.3 is 44.8 Å². The summed E-state index contributed by atoms with van der Waals surface area (Å²) in [6.45, 7) is 0. The number of benzene rings is 12. The molecule has 70 heavy (non-hydrogen) atoms. The van der Waals surface area contributed by atoms with E-state index in [1.54, 1.807) is 0 Å². The maximum absolute atomic E-state index is 7.34. The summed E-state index contributed by atoms with van der Waals surface area (Å²) in [5, 5.41) is 21.0. The van der Waals surface area contributed by atoms with E-state index in [0.717, 1.165) is 11.1 Å². The van der Waals surface area contributed by atoms with Crippen LogP contribution in [0.25, 0.3) is 64.6 Å². The molecule has 0 saturated carbocycles. The second kappa shape index (κ2) is 24.0. The molecule has 0 amide bonds. The molecule has 0 aliphatic rings. The molecule has 0 aliphatic heterocycles. The van der Waals surface area contributed by atoms with Crippen LogP contribution < -0.4 is 21.2 Å². The van der Waals surface area contributed by atoms with Crippen molar-refractivity contribution < 1.29 is 44.8 Å². The predicted molar refractivity (Wildman–Crippen MR) is 301 cm³/mol. The van der Waals surface area contributed by atoms with Gasteiger partial charge in [0.2, 0.25) is 0 Å². The van der Waals surface area contributed by atoms with Gasteiger partial charge in [0.1, 0.15) is 12.3 Å². The molecule has 0 aliphatic carbocycles. The summed E-state index contributed by atoms with van der Waals surface area (Å²) >= 11 is 0. The third kappa shape index (κ3) is 10.8. The molecular weight excluding hydrogens is 1070 g/mol. The molecule has 0 N–H and O–H groups in total. The zero-order valence-corrected chi connectivity index (χ0v) is 43.2. The van der Waals surface area contributed by atoms with E-state index in [2.05, 4.69) is 254 Å². The fourth-order valence-corrected chi connectivity index (χ4v) is 15.9. The topological polar surface area (TPSA) is 0 Å². The quantitative estimate of drug-likeness (QED) is 0.0491. The van der Waals surface area contributed by atoms with Gasteiger partial charge in [-0.2, -0.15) is 0 Å². The van der Waals surface area contributed by atoms with E-state index in [0.29, 0.717) is 0 Å². The van der Waals surface area contributed by atoms with Crippen LogP contribution in [0.3, 0.4) is 0 Å². The molecular formula is C66H48Ag2P2+2. The first-order valence-electron chi connectivity index (χ1n) is 23.1. The molecule has 12 rings (SSSR count). The van der Waals surface area contributed by atoms with Gasteiger partial charge in [-0.15, -0.1) is 35.4 Å². The molecule has 0 aromatic heterocycles. The molecule has 0 heterocycles. The average molecular weight is 1120 g/mol. The average Bonchev–Trinajstić information content (AvgIpc) is 3.43. The molecule has 0 saturated heterocycles. The smallest absolute Gasteiger partial charge is 0.366 e. The van der Waals surface area contributed by atoms with Crippen LogP contribution in [0.15, 0.2) is 255 Å². The minimum absolute atomic E-state index is 0. The second-order valence-electron chi connectivity index (χ2n) is 16.9. The van der Waals surface area contributed by atoms with Gasteiger partial charge in [0.15, 0.2) is 0 Å². The van der Waals surface area contributed by atoms with Gasteiger partial charge < -0.3 is 12.8 Å². The summed E-state index contributed by atoms with van der Waals surface area (Å²) in [4.78, 5) is 0. The van der Waals surface area contributed by atoms with Crippen molar-refractivity contribution >= 4 is 102 Å². The number of hydrogen-bond acceptors (Lipinski definition) is 0. The molecule has 0 fully saturated rings. The zero-order valence-electron chi connectivity index (χ0n) is 38.3. The van der Waals surface area contributed by atoms with Gasteiger partial charge in [-0.25, -0.2) is 0 Å². The molecule has 0 bridgehead atoms. The van der Waals surface area contributed by atoms with Crippen molar-refractivity contribution in [1.82, 2.24) is 0 Å². The Kier molecular flexibility index (Phi) is 17.2. The third-order valence-corrected chi connectivity index (χ3v) is 19.0. The summed E-state index contributed by atoms with van der Waals surface area (Å²) < 4.78 is 0. The van der Waals surface area contributed by atoms with Gasteiger partial charge in [-0.3, -0.25) is 11.8 Å². The van der Waals surface area contributed by atoms with E-state index < -0.39 is 15.8 Å². The Bertz CT molecular complexity index is 3370. The first-order chi connectivity index (χ1) is 33.7. The van der Waals surface area contributed by atoms with Gasteiger partial charge in [0, 0.05) is 0 Å². The Hall–Kier alpha value is -6.34. The van der Waals surface area contributed by atoms with Crippen molar-refractivity contribution in [3.05, 3.63) is 279 Å². The Morgan fingerprint density at radius 1 is 0.243 bits per heavy atom. The van der Waals surface area contributed by atoms with Crippen molar-refractivity contribution in [3.63, 3.8) is 0 Å². The molecule has 0 nitrogen and oxygen atoms in total. The van der Waals surface area contributed by atoms with Crippen molar-refractivity contribution in [3.8, 4) is 11.8 Å². The monoisotopic (exact) mass is 1120 g/mol. The minimum Gasteiger partial charge on any atom is -0.366 e. The van der Waals surface area contributed by atoms with Crippen molar-refractivity contribution in [2.75, 3.05) is 12.3 Å². The van der Waals surface area contributed by atoms with Crippen molar-refractivity contribution in [2.24, 2.45) is 0 Å². The Labute approximate surface area is 445 Å². The van der Waals surface area contributed by atoms with E-state index in [-0.39, 0.29) is 44.8 Å². The van der Waals surface area contributed by atoms with Crippen LogP contribution in [0.5, 0.6) is 0 Å². The Morgan fingerprint density at radius 2 is 0.443 bits per heavy atom. The molecule has 0 unspecified atom stereocenters. The maximum atomic E-state index is 7.34. The van der Waals surface area contributed by atoms with Crippen LogP contribution in [-0.4, -0.2) is 12.3 Å². The van der Waals surface area contributed by atoms with Gasteiger partial charge in [-0.1, -0.05) is 182 Å². The molecule has 4 heteroatoms. The van der Waals surface area contributed by atoms with E-state index in [1.807, 2.05) is 12.1 Å². The zero-order chi connectivity index (χ0) is 46.1. The first-order valence-corrected chi connectivity index (χ1v) is 26.5. The van der Waals surface area contributed by atoms with Crippen LogP contribution >= 0.6 is 15.8 Å². The maximum Gasteiger partial charge on any atom is 1.00 e.